The Morgan fingerprint density at radius 1 is 1.48 bits per heavy atom. The molecule has 1 saturated heterocycles. The van der Waals surface area contributed by atoms with Gasteiger partial charge in [0.1, 0.15) is 6.61 Å². The van der Waals surface area contributed by atoms with Crippen LogP contribution in [0.25, 0.3) is 0 Å². The third-order valence-corrected chi connectivity index (χ3v) is 3.87. The van der Waals surface area contributed by atoms with E-state index < -0.39 is 24.7 Å². The van der Waals surface area contributed by atoms with Crippen molar-refractivity contribution in [3.63, 3.8) is 0 Å². The largest absolute Gasteiger partial charge is 0.411 e. The van der Waals surface area contributed by atoms with E-state index in [0.29, 0.717) is 10.7 Å². The average Bonchev–Trinajstić information content (AvgIpc) is 2.88. The molecule has 1 aliphatic rings. The second-order valence-electron chi connectivity index (χ2n) is 5.93. The van der Waals surface area contributed by atoms with Crippen molar-refractivity contribution in [2.45, 2.75) is 25.6 Å². The Labute approximate surface area is 148 Å². The van der Waals surface area contributed by atoms with Gasteiger partial charge in [0.15, 0.2) is 0 Å². The molecular formula is C16H18ClF3N2O3. The predicted octanol–water partition coefficient (Wildman–Crippen LogP) is 2.78. The summed E-state index contributed by atoms with van der Waals surface area (Å²) in [6.45, 7) is 0.114. The zero-order valence-electron chi connectivity index (χ0n) is 13.5. The highest BCUT2D eigenvalue weighted by atomic mass is 35.5. The molecule has 0 radical (unpaired) electrons. The molecule has 0 unspecified atom stereocenters. The van der Waals surface area contributed by atoms with Crippen molar-refractivity contribution in [3.8, 4) is 0 Å². The molecule has 0 spiro atoms. The van der Waals surface area contributed by atoms with E-state index in [1.807, 2.05) is 0 Å². The first-order valence-corrected chi connectivity index (χ1v) is 8.04. The molecule has 1 heterocycles. The smallest absolute Gasteiger partial charge is 0.370 e. The number of carbonyl (C=O) groups excluding carboxylic acids is 2. The van der Waals surface area contributed by atoms with Gasteiger partial charge in [-0.1, -0.05) is 17.7 Å². The second kappa shape index (κ2) is 8.05. The number of hydrogen-bond acceptors (Lipinski definition) is 3. The number of ether oxygens (including phenoxy) is 1. The molecule has 0 aromatic heterocycles. The predicted molar refractivity (Wildman–Crippen MR) is 86.4 cm³/mol. The third kappa shape index (κ3) is 5.89. The van der Waals surface area contributed by atoms with Crippen LogP contribution in [0.2, 0.25) is 5.02 Å². The Morgan fingerprint density at radius 3 is 2.84 bits per heavy atom. The summed E-state index contributed by atoms with van der Waals surface area (Å²) in [5.41, 5.74) is 0.606. The number of alkyl halides is 3. The molecule has 5 nitrogen and oxygen atoms in total. The molecule has 138 valence electrons. The Hall–Kier alpha value is -1.80. The van der Waals surface area contributed by atoms with Crippen LogP contribution >= 0.6 is 11.6 Å². The minimum absolute atomic E-state index is 0.0362. The highest BCUT2D eigenvalue weighted by Gasteiger charge is 2.35. The van der Waals surface area contributed by atoms with Crippen LogP contribution < -0.4 is 10.2 Å². The molecule has 25 heavy (non-hydrogen) atoms. The van der Waals surface area contributed by atoms with Crippen molar-refractivity contribution in [1.82, 2.24) is 5.32 Å². The fourth-order valence-corrected chi connectivity index (χ4v) is 2.72. The van der Waals surface area contributed by atoms with Gasteiger partial charge in [-0.25, -0.2) is 0 Å². The van der Waals surface area contributed by atoms with Gasteiger partial charge in [0, 0.05) is 29.7 Å². The lowest BCUT2D eigenvalue weighted by Crippen LogP contribution is -2.41. The number of anilines is 1. The molecule has 2 amide bonds. The van der Waals surface area contributed by atoms with Crippen LogP contribution in [0.15, 0.2) is 24.3 Å². The molecule has 1 aromatic carbocycles. The number of hydrogen-bond donors (Lipinski definition) is 1. The number of carbonyl (C=O) groups is 2. The van der Waals surface area contributed by atoms with Gasteiger partial charge in [-0.3, -0.25) is 9.59 Å². The summed E-state index contributed by atoms with van der Waals surface area (Å²) in [5, 5.41) is 3.06. The summed E-state index contributed by atoms with van der Waals surface area (Å²) in [6.07, 6.45) is -4.37. The highest BCUT2D eigenvalue weighted by molar-refractivity contribution is 6.30. The lowest BCUT2D eigenvalue weighted by Gasteiger charge is -2.19. The second-order valence-corrected chi connectivity index (χ2v) is 6.36. The number of nitrogens with zero attached hydrogens (tertiary/aromatic N) is 1. The number of halogens is 4. The van der Waals surface area contributed by atoms with Gasteiger partial charge >= 0.3 is 6.18 Å². The van der Waals surface area contributed by atoms with Crippen LogP contribution in [0.3, 0.4) is 0 Å². The number of nitrogens with one attached hydrogen (secondary N) is 1. The molecule has 1 fully saturated rings. The summed E-state index contributed by atoms with van der Waals surface area (Å²) in [6, 6.07) is 6.15. The maximum absolute atomic E-state index is 12.2. The molecule has 0 aliphatic carbocycles. The van der Waals surface area contributed by atoms with Gasteiger partial charge < -0.3 is 15.0 Å². The lowest BCUT2D eigenvalue weighted by atomic mass is 10.1. The maximum Gasteiger partial charge on any atom is 0.411 e. The molecule has 2 rings (SSSR count). The first kappa shape index (κ1) is 19.5. The number of rotatable bonds is 6. The number of amides is 2. The minimum Gasteiger partial charge on any atom is -0.370 e. The van der Waals surface area contributed by atoms with Crippen LogP contribution in [0.1, 0.15) is 13.3 Å². The van der Waals surface area contributed by atoms with Crippen LogP contribution in [-0.2, 0) is 14.3 Å². The average molecular weight is 379 g/mol. The lowest BCUT2D eigenvalue weighted by molar-refractivity contribution is -0.175. The van der Waals surface area contributed by atoms with Gasteiger partial charge in [0.25, 0.3) is 0 Å². The van der Waals surface area contributed by atoms with Crippen LogP contribution in [0.4, 0.5) is 18.9 Å². The quantitative estimate of drug-likeness (QED) is 0.828. The fraction of sp³-hybridized carbons (Fsp3) is 0.500. The molecule has 2 atom stereocenters. The SMILES string of the molecule is C[C@@H](COCC(F)(F)F)NC(=O)[C@@H]1CC(=O)N(c2cccc(Cl)c2)C1. The maximum atomic E-state index is 12.2. The van der Waals surface area contributed by atoms with E-state index in [-0.39, 0.29) is 31.4 Å². The Kier molecular flexibility index (Phi) is 6.29. The zero-order valence-corrected chi connectivity index (χ0v) is 14.2. The molecule has 1 aliphatic heterocycles. The summed E-state index contributed by atoms with van der Waals surface area (Å²) in [5.74, 6) is -1.17. The van der Waals surface area contributed by atoms with E-state index in [4.69, 9.17) is 11.6 Å². The standard InChI is InChI=1S/C16H18ClF3N2O3/c1-10(8-25-9-16(18,19)20)21-15(24)11-5-14(23)22(7-11)13-4-2-3-12(17)6-13/h2-4,6,10-11H,5,7-9H2,1H3,(H,21,24)/t10-,11+/m0/s1. The van der Waals surface area contributed by atoms with Crippen molar-refractivity contribution in [2.24, 2.45) is 5.92 Å². The first-order chi connectivity index (χ1) is 11.7. The van der Waals surface area contributed by atoms with E-state index in [0.717, 1.165) is 0 Å². The Bertz CT molecular complexity index is 639. The van der Waals surface area contributed by atoms with Crippen molar-refractivity contribution < 1.29 is 27.5 Å². The van der Waals surface area contributed by atoms with E-state index in [1.54, 1.807) is 31.2 Å². The van der Waals surface area contributed by atoms with Gasteiger partial charge in [-0.15, -0.1) is 0 Å². The Balaban J connectivity index is 1.86. The Morgan fingerprint density at radius 2 is 2.20 bits per heavy atom. The van der Waals surface area contributed by atoms with E-state index >= 15 is 0 Å². The molecule has 0 saturated carbocycles. The monoisotopic (exact) mass is 378 g/mol. The molecular weight excluding hydrogens is 361 g/mol. The summed E-state index contributed by atoms with van der Waals surface area (Å²) >= 11 is 5.91. The van der Waals surface area contributed by atoms with Crippen LogP contribution in [0, 0.1) is 5.92 Å². The topological polar surface area (TPSA) is 58.6 Å². The van der Waals surface area contributed by atoms with Crippen LogP contribution in [0.5, 0.6) is 0 Å². The van der Waals surface area contributed by atoms with Crippen LogP contribution in [-0.4, -0.2) is 43.8 Å². The summed E-state index contributed by atoms with van der Waals surface area (Å²) in [7, 11) is 0. The van der Waals surface area contributed by atoms with Gasteiger partial charge in [0.2, 0.25) is 11.8 Å². The van der Waals surface area contributed by atoms with Gasteiger partial charge in [0.05, 0.1) is 12.5 Å². The van der Waals surface area contributed by atoms with Crippen molar-refractivity contribution in [2.75, 3.05) is 24.7 Å². The highest BCUT2D eigenvalue weighted by Crippen LogP contribution is 2.27. The van der Waals surface area contributed by atoms with E-state index in [2.05, 4.69) is 10.1 Å². The van der Waals surface area contributed by atoms with E-state index in [1.165, 1.54) is 4.90 Å². The van der Waals surface area contributed by atoms with Crippen molar-refractivity contribution in [1.29, 1.82) is 0 Å². The fourth-order valence-electron chi connectivity index (χ4n) is 2.53. The summed E-state index contributed by atoms with van der Waals surface area (Å²) in [4.78, 5) is 25.8. The number of benzene rings is 1. The van der Waals surface area contributed by atoms with Gasteiger partial charge in [-0.05, 0) is 25.1 Å². The summed E-state index contributed by atoms with van der Waals surface area (Å²) < 4.78 is 40.6. The molecule has 1 N–H and O–H groups in total. The van der Waals surface area contributed by atoms with E-state index in [9.17, 15) is 22.8 Å². The van der Waals surface area contributed by atoms with Crippen molar-refractivity contribution >= 4 is 29.1 Å². The van der Waals surface area contributed by atoms with Crippen molar-refractivity contribution in [3.05, 3.63) is 29.3 Å². The zero-order chi connectivity index (χ0) is 18.6. The van der Waals surface area contributed by atoms with Gasteiger partial charge in [-0.2, -0.15) is 13.2 Å². The molecule has 9 heteroatoms. The normalized spacial score (nSPS) is 19.2. The minimum atomic E-state index is -4.40. The molecule has 1 aromatic rings. The third-order valence-electron chi connectivity index (χ3n) is 3.64. The molecule has 0 bridgehead atoms. The first-order valence-electron chi connectivity index (χ1n) is 7.66.